The number of rotatable bonds is 3. The highest BCUT2D eigenvalue weighted by atomic mass is 16.3. The Morgan fingerprint density at radius 3 is 1.56 bits per heavy atom. The molecule has 0 saturated carbocycles. The molecule has 2 nitrogen and oxygen atoms in total. The van der Waals surface area contributed by atoms with E-state index < -0.39 is 0 Å². The fraction of sp³-hybridized carbons (Fsp3) is 0.236. The molecule has 2 heteroatoms. The number of benzene rings is 7. The molecule has 280 valence electrons. The summed E-state index contributed by atoms with van der Waals surface area (Å²) in [6.07, 6.45) is 0. The molecule has 0 atom stereocenters. The predicted octanol–water partition coefficient (Wildman–Crippen LogP) is 15.3. The molecule has 3 aliphatic rings. The molecule has 0 saturated heterocycles. The molecule has 57 heavy (non-hydrogen) atoms. The largest absolute Gasteiger partial charge is 0.455 e. The highest BCUT2D eigenvalue weighted by Crippen LogP contribution is 2.59. The Bertz CT molecular complexity index is 2930. The molecule has 1 heterocycles. The molecule has 0 unspecified atom stereocenters. The highest BCUT2D eigenvalue weighted by molar-refractivity contribution is 6.13. The Morgan fingerprint density at radius 1 is 0.439 bits per heavy atom. The molecular weight excluding hydrogens is 691 g/mol. The van der Waals surface area contributed by atoms with E-state index in [9.17, 15) is 0 Å². The summed E-state index contributed by atoms with van der Waals surface area (Å²) in [4.78, 5) is 2.55. The number of nitrogens with zero attached hydrogens (tertiary/aromatic N) is 1. The monoisotopic (exact) mass is 739 g/mol. The number of fused-ring (bicyclic) bond motifs is 13. The molecule has 0 spiro atoms. The summed E-state index contributed by atoms with van der Waals surface area (Å²) in [5.41, 5.74) is 22.2. The highest BCUT2D eigenvalue weighted by Gasteiger charge is 2.43. The van der Waals surface area contributed by atoms with Crippen LogP contribution in [0.2, 0.25) is 0 Å². The van der Waals surface area contributed by atoms with Crippen molar-refractivity contribution in [1.29, 1.82) is 0 Å². The SMILES string of the molecule is CC(C)(C)c1cccc2c1oc1c3c(ccc12)C(C)(C)c1c-3cccc1N(c1ccc2c(c1)C(C)(C)c1ccccc1-2)c1ccc2c(c1)C(C)(C)c1ccccc1-2. The van der Waals surface area contributed by atoms with E-state index in [-0.39, 0.29) is 21.7 Å². The van der Waals surface area contributed by atoms with Gasteiger partial charge >= 0.3 is 0 Å². The van der Waals surface area contributed by atoms with Crippen molar-refractivity contribution in [3.63, 3.8) is 0 Å². The van der Waals surface area contributed by atoms with Crippen molar-refractivity contribution < 1.29 is 4.42 Å². The number of anilines is 3. The van der Waals surface area contributed by atoms with Gasteiger partial charge in [-0.05, 0) is 96.9 Å². The molecule has 0 amide bonds. The molecule has 0 N–H and O–H groups in total. The first-order chi connectivity index (χ1) is 27.2. The van der Waals surface area contributed by atoms with Crippen molar-refractivity contribution >= 4 is 39.0 Å². The van der Waals surface area contributed by atoms with Gasteiger partial charge in [0.2, 0.25) is 0 Å². The topological polar surface area (TPSA) is 16.4 Å². The smallest absolute Gasteiger partial charge is 0.143 e. The molecule has 0 bridgehead atoms. The van der Waals surface area contributed by atoms with Crippen molar-refractivity contribution in [2.45, 2.75) is 84.0 Å². The van der Waals surface area contributed by atoms with E-state index in [1.165, 1.54) is 100 Å². The molecule has 7 aromatic carbocycles. The zero-order valence-corrected chi connectivity index (χ0v) is 34.6. The van der Waals surface area contributed by atoms with Gasteiger partial charge in [0.15, 0.2) is 0 Å². The van der Waals surface area contributed by atoms with Crippen molar-refractivity contribution in [1.82, 2.24) is 0 Å². The van der Waals surface area contributed by atoms with Gasteiger partial charge in [0.25, 0.3) is 0 Å². The van der Waals surface area contributed by atoms with Crippen molar-refractivity contribution in [3.8, 4) is 33.4 Å². The van der Waals surface area contributed by atoms with Crippen molar-refractivity contribution in [3.05, 3.63) is 172 Å². The summed E-state index contributed by atoms with van der Waals surface area (Å²) >= 11 is 0. The molecule has 0 radical (unpaired) electrons. The van der Waals surface area contributed by atoms with E-state index in [0.29, 0.717) is 0 Å². The van der Waals surface area contributed by atoms with Gasteiger partial charge in [-0.1, -0.05) is 165 Å². The summed E-state index contributed by atoms with van der Waals surface area (Å²) in [7, 11) is 0. The third-order valence-corrected chi connectivity index (χ3v) is 14.0. The first-order valence-electron chi connectivity index (χ1n) is 20.6. The first-order valence-corrected chi connectivity index (χ1v) is 20.6. The third kappa shape index (κ3) is 4.47. The Morgan fingerprint density at radius 2 is 0.965 bits per heavy atom. The Balaban J connectivity index is 1.17. The summed E-state index contributed by atoms with van der Waals surface area (Å²) < 4.78 is 7.07. The lowest BCUT2D eigenvalue weighted by Crippen LogP contribution is -2.22. The van der Waals surface area contributed by atoms with Gasteiger partial charge in [0.05, 0.1) is 5.69 Å². The van der Waals surface area contributed by atoms with E-state index in [0.717, 1.165) is 11.2 Å². The number of para-hydroxylation sites is 1. The Kier molecular flexibility index (Phi) is 6.74. The van der Waals surface area contributed by atoms with E-state index in [1.807, 2.05) is 0 Å². The number of hydrogen-bond donors (Lipinski definition) is 0. The summed E-state index contributed by atoms with van der Waals surface area (Å²) in [6.45, 7) is 21.1. The average molecular weight is 740 g/mol. The van der Waals surface area contributed by atoms with Crippen LogP contribution in [-0.2, 0) is 21.7 Å². The van der Waals surface area contributed by atoms with Crippen molar-refractivity contribution in [2.75, 3.05) is 4.90 Å². The second-order valence-electron chi connectivity index (χ2n) is 19.4. The lowest BCUT2D eigenvalue weighted by atomic mass is 9.80. The van der Waals surface area contributed by atoms with Crippen LogP contribution in [-0.4, -0.2) is 0 Å². The lowest BCUT2D eigenvalue weighted by molar-refractivity contribution is 0.573. The average Bonchev–Trinajstić information content (AvgIpc) is 3.84. The zero-order chi connectivity index (χ0) is 39.4. The molecule has 0 aliphatic heterocycles. The predicted molar refractivity (Wildman–Crippen MR) is 240 cm³/mol. The van der Waals surface area contributed by atoms with E-state index in [4.69, 9.17) is 4.42 Å². The second kappa shape index (κ2) is 11.2. The number of hydrogen-bond acceptors (Lipinski definition) is 2. The molecule has 8 aromatic rings. The summed E-state index contributed by atoms with van der Waals surface area (Å²) in [6, 6.07) is 50.5. The van der Waals surface area contributed by atoms with Gasteiger partial charge in [-0.15, -0.1) is 0 Å². The molecule has 1 aromatic heterocycles. The van der Waals surface area contributed by atoms with E-state index in [2.05, 4.69) is 201 Å². The minimum Gasteiger partial charge on any atom is -0.455 e. The van der Waals surface area contributed by atoms with Crippen LogP contribution in [0.15, 0.2) is 138 Å². The standard InChI is InChI=1S/C55H49NO/c1-52(2,3)44-22-14-18-38-39-28-29-43-48(51(39)57-50(38)44)40-19-15-23-47(49(40)55(43,8)9)56(32-24-26-36-34-16-10-12-20-41(34)53(4,5)45(36)30-32)33-25-27-37-35-17-11-13-21-42(35)54(6,7)46(37)31-33/h10-31H,1-9H3. The first kappa shape index (κ1) is 34.4. The third-order valence-electron chi connectivity index (χ3n) is 14.0. The quantitative estimate of drug-likeness (QED) is 0.179. The van der Waals surface area contributed by atoms with Gasteiger partial charge in [-0.3, -0.25) is 0 Å². The van der Waals surface area contributed by atoms with Gasteiger partial charge in [0.1, 0.15) is 11.2 Å². The maximum atomic E-state index is 7.07. The summed E-state index contributed by atoms with van der Waals surface area (Å²) in [5, 5.41) is 2.37. The van der Waals surface area contributed by atoms with Crippen LogP contribution in [0.5, 0.6) is 0 Å². The van der Waals surface area contributed by atoms with Crippen LogP contribution in [0.25, 0.3) is 55.3 Å². The normalized spacial score (nSPS) is 16.2. The van der Waals surface area contributed by atoms with Gasteiger partial charge < -0.3 is 9.32 Å². The van der Waals surface area contributed by atoms with E-state index in [1.54, 1.807) is 0 Å². The van der Waals surface area contributed by atoms with Crippen molar-refractivity contribution in [2.24, 2.45) is 0 Å². The second-order valence-corrected chi connectivity index (χ2v) is 19.4. The van der Waals surface area contributed by atoms with Crippen LogP contribution in [0, 0.1) is 0 Å². The summed E-state index contributed by atoms with van der Waals surface area (Å²) in [5.74, 6) is 0. The van der Waals surface area contributed by atoms with Crippen LogP contribution in [0.1, 0.15) is 101 Å². The fourth-order valence-electron chi connectivity index (χ4n) is 11.1. The minimum absolute atomic E-state index is 0.0427. The van der Waals surface area contributed by atoms with Gasteiger partial charge in [-0.25, -0.2) is 0 Å². The van der Waals surface area contributed by atoms with Crippen LogP contribution in [0.4, 0.5) is 17.1 Å². The molecular formula is C55H49NO. The Hall–Kier alpha value is -5.86. The lowest BCUT2D eigenvalue weighted by Gasteiger charge is -2.34. The zero-order valence-electron chi connectivity index (χ0n) is 34.6. The molecule has 3 aliphatic carbocycles. The van der Waals surface area contributed by atoms with Gasteiger partial charge in [0, 0.05) is 49.5 Å². The van der Waals surface area contributed by atoms with Gasteiger partial charge in [-0.2, -0.15) is 0 Å². The number of furan rings is 1. The maximum Gasteiger partial charge on any atom is 0.143 e. The minimum atomic E-state index is -0.294. The molecule has 0 fully saturated rings. The maximum absolute atomic E-state index is 7.07. The van der Waals surface area contributed by atoms with Crippen LogP contribution in [0.3, 0.4) is 0 Å². The van der Waals surface area contributed by atoms with E-state index >= 15 is 0 Å². The fourth-order valence-corrected chi connectivity index (χ4v) is 11.1. The van der Waals surface area contributed by atoms with Crippen LogP contribution >= 0.6 is 0 Å². The van der Waals surface area contributed by atoms with Crippen LogP contribution < -0.4 is 4.90 Å². The molecule has 11 rings (SSSR count). The Labute approximate surface area is 336 Å².